The maximum Gasteiger partial charge on any atom is 0.323 e. The molecule has 1 heterocycles. The fourth-order valence-corrected chi connectivity index (χ4v) is 3.76. The summed E-state index contributed by atoms with van der Waals surface area (Å²) in [6.45, 7) is 3.43. The third kappa shape index (κ3) is 6.99. The number of hydrogen-bond donors (Lipinski definition) is 4. The van der Waals surface area contributed by atoms with E-state index in [9.17, 15) is 13.2 Å². The van der Waals surface area contributed by atoms with E-state index in [0.29, 0.717) is 34.3 Å². The van der Waals surface area contributed by atoms with E-state index < -0.39 is 15.1 Å². The number of amides is 2. The van der Waals surface area contributed by atoms with Gasteiger partial charge >= 0.3 is 6.03 Å². The molecule has 0 aliphatic heterocycles. The minimum atomic E-state index is -3.36. The van der Waals surface area contributed by atoms with Crippen molar-refractivity contribution in [2.75, 3.05) is 29.1 Å². The molecule has 0 bridgehead atoms. The summed E-state index contributed by atoms with van der Waals surface area (Å²) in [5.41, 5.74) is 2.26. The molecular weight excluding hydrogens is 442 g/mol. The highest BCUT2D eigenvalue weighted by Crippen LogP contribution is 2.22. The zero-order chi connectivity index (χ0) is 23.8. The third-order valence-corrected chi connectivity index (χ3v) is 6.83. The second kappa shape index (κ2) is 10.9. The summed E-state index contributed by atoms with van der Waals surface area (Å²) in [4.78, 5) is 21.0. The highest BCUT2D eigenvalue weighted by Gasteiger charge is 2.19. The van der Waals surface area contributed by atoms with Crippen LogP contribution in [0.4, 0.5) is 22.0 Å². The van der Waals surface area contributed by atoms with Gasteiger partial charge in [0.1, 0.15) is 5.82 Å². The Hall–Kier alpha value is -3.50. The Bertz CT molecular complexity index is 1180. The van der Waals surface area contributed by atoms with Gasteiger partial charge in [-0.15, -0.1) is 0 Å². The average molecular weight is 470 g/mol. The number of rotatable bonds is 9. The van der Waals surface area contributed by atoms with Crippen molar-refractivity contribution in [3.63, 3.8) is 0 Å². The number of aliphatic hydroxyl groups is 1. The molecule has 0 aliphatic carbocycles. The van der Waals surface area contributed by atoms with Crippen molar-refractivity contribution in [1.82, 2.24) is 9.97 Å². The molecule has 9 nitrogen and oxygen atoms in total. The Morgan fingerprint density at radius 1 is 0.970 bits per heavy atom. The second-order valence-electron chi connectivity index (χ2n) is 7.60. The van der Waals surface area contributed by atoms with Gasteiger partial charge in [0, 0.05) is 29.5 Å². The molecule has 0 atom stereocenters. The van der Waals surface area contributed by atoms with E-state index in [2.05, 4.69) is 25.9 Å². The molecule has 0 radical (unpaired) electrons. The Morgan fingerprint density at radius 2 is 1.61 bits per heavy atom. The molecule has 10 heteroatoms. The molecule has 0 aliphatic rings. The summed E-state index contributed by atoms with van der Waals surface area (Å²) in [7, 11) is -3.36. The van der Waals surface area contributed by atoms with E-state index in [4.69, 9.17) is 5.11 Å². The van der Waals surface area contributed by atoms with E-state index in [1.165, 1.54) is 0 Å². The number of anilines is 3. The van der Waals surface area contributed by atoms with Crippen LogP contribution in [0.5, 0.6) is 0 Å². The van der Waals surface area contributed by atoms with Crippen LogP contribution in [0.15, 0.2) is 60.7 Å². The Kier molecular flexibility index (Phi) is 7.96. The number of carbonyl (C=O) groups is 1. The van der Waals surface area contributed by atoms with Crippen LogP contribution in [0.25, 0.3) is 11.4 Å². The van der Waals surface area contributed by atoms with Gasteiger partial charge in [0.25, 0.3) is 0 Å². The summed E-state index contributed by atoms with van der Waals surface area (Å²) in [5, 5.41) is 17.0. The molecule has 4 N–H and O–H groups in total. The zero-order valence-corrected chi connectivity index (χ0v) is 19.3. The van der Waals surface area contributed by atoms with E-state index in [1.54, 1.807) is 56.3 Å². The van der Waals surface area contributed by atoms with Crippen molar-refractivity contribution < 1.29 is 18.3 Å². The van der Waals surface area contributed by atoms with E-state index in [0.717, 1.165) is 0 Å². The maximum atomic E-state index is 12.4. The van der Waals surface area contributed by atoms with E-state index >= 15 is 0 Å². The van der Waals surface area contributed by atoms with Crippen molar-refractivity contribution in [2.24, 2.45) is 0 Å². The third-order valence-electron chi connectivity index (χ3n) is 4.70. The molecule has 3 aromatic rings. The van der Waals surface area contributed by atoms with Crippen LogP contribution in [0.2, 0.25) is 0 Å². The van der Waals surface area contributed by atoms with Gasteiger partial charge in [-0.2, -0.15) is 0 Å². The molecule has 0 spiro atoms. The number of carbonyl (C=O) groups excluding carboxylic acids is 1. The Balaban J connectivity index is 1.79. The molecule has 3 rings (SSSR count). The van der Waals surface area contributed by atoms with Crippen molar-refractivity contribution in [2.45, 2.75) is 24.9 Å². The van der Waals surface area contributed by atoms with E-state index in [1.807, 2.05) is 18.2 Å². The summed E-state index contributed by atoms with van der Waals surface area (Å²) in [5.74, 6) is 0.549. The molecule has 33 heavy (non-hydrogen) atoms. The molecule has 0 fully saturated rings. The van der Waals surface area contributed by atoms with Crippen molar-refractivity contribution >= 4 is 33.1 Å². The predicted octanol–water partition coefficient (Wildman–Crippen LogP) is 3.52. The smallest absolute Gasteiger partial charge is 0.323 e. The number of aromatic nitrogens is 2. The molecule has 174 valence electrons. The van der Waals surface area contributed by atoms with Gasteiger partial charge in [0.2, 0.25) is 0 Å². The number of aliphatic hydroxyl groups excluding tert-OH is 1. The number of hydrogen-bond acceptors (Lipinski definition) is 7. The van der Waals surface area contributed by atoms with Crippen LogP contribution in [-0.2, 0) is 15.6 Å². The minimum Gasteiger partial charge on any atom is -0.395 e. The fraction of sp³-hybridized carbons (Fsp3) is 0.261. The first-order chi connectivity index (χ1) is 15.8. The number of benzene rings is 2. The van der Waals surface area contributed by atoms with Crippen LogP contribution in [0, 0.1) is 0 Å². The normalized spacial score (nSPS) is 11.3. The maximum absolute atomic E-state index is 12.4. The molecule has 2 aromatic carbocycles. The first-order valence-corrected chi connectivity index (χ1v) is 12.2. The summed E-state index contributed by atoms with van der Waals surface area (Å²) < 4.78 is 24.8. The lowest BCUT2D eigenvalue weighted by Gasteiger charge is -2.12. The van der Waals surface area contributed by atoms with Gasteiger partial charge in [-0.25, -0.2) is 23.2 Å². The Labute approximate surface area is 193 Å². The number of para-hydroxylation sites is 1. The lowest BCUT2D eigenvalue weighted by Crippen LogP contribution is -2.19. The van der Waals surface area contributed by atoms with Gasteiger partial charge in [-0.05, 0) is 50.2 Å². The van der Waals surface area contributed by atoms with Gasteiger partial charge < -0.3 is 21.1 Å². The van der Waals surface area contributed by atoms with Crippen molar-refractivity contribution in [1.29, 1.82) is 0 Å². The average Bonchev–Trinajstić information content (AvgIpc) is 2.78. The Morgan fingerprint density at radius 3 is 2.21 bits per heavy atom. The van der Waals surface area contributed by atoms with Crippen molar-refractivity contribution in [3.05, 3.63) is 66.4 Å². The molecule has 0 unspecified atom stereocenters. The first kappa shape index (κ1) is 24.1. The van der Waals surface area contributed by atoms with Crippen LogP contribution < -0.4 is 16.0 Å². The van der Waals surface area contributed by atoms with Crippen LogP contribution in [0.1, 0.15) is 19.5 Å². The van der Waals surface area contributed by atoms with E-state index in [-0.39, 0.29) is 24.9 Å². The summed E-state index contributed by atoms with van der Waals surface area (Å²) in [6.07, 6.45) is 0. The van der Waals surface area contributed by atoms with Gasteiger partial charge in [-0.3, -0.25) is 0 Å². The number of sulfone groups is 1. The molecular formula is C23H27N5O4S. The van der Waals surface area contributed by atoms with Gasteiger partial charge in [0.15, 0.2) is 15.7 Å². The largest absolute Gasteiger partial charge is 0.395 e. The van der Waals surface area contributed by atoms with Crippen LogP contribution in [0.3, 0.4) is 0 Å². The number of nitrogens with one attached hydrogen (secondary N) is 3. The summed E-state index contributed by atoms with van der Waals surface area (Å²) in [6, 6.07) is 17.2. The van der Waals surface area contributed by atoms with Gasteiger partial charge in [-0.1, -0.05) is 18.2 Å². The SMILES string of the molecule is CC(C)S(=O)(=O)Cc1cc(NCCO)nc(-c2ccc(NC(=O)Nc3ccccc3)cc2)n1. The van der Waals surface area contributed by atoms with Crippen LogP contribution in [-0.4, -0.2) is 47.9 Å². The fourth-order valence-electron chi connectivity index (χ4n) is 2.87. The number of urea groups is 1. The topological polar surface area (TPSA) is 133 Å². The van der Waals surface area contributed by atoms with Crippen LogP contribution >= 0.6 is 0 Å². The highest BCUT2D eigenvalue weighted by molar-refractivity contribution is 7.91. The standard InChI is InChI=1S/C23H27N5O4S/c1-16(2)33(31,32)15-20-14-21(24-12-13-29)28-22(25-20)17-8-10-19(11-9-17)27-23(30)26-18-6-4-3-5-7-18/h3-11,14,16,29H,12-13,15H2,1-2H3,(H,24,25,28)(H2,26,27,30). The molecule has 0 saturated carbocycles. The second-order valence-corrected chi connectivity index (χ2v) is 10.2. The van der Waals surface area contributed by atoms with Gasteiger partial charge in [0.05, 0.1) is 23.3 Å². The van der Waals surface area contributed by atoms with Crippen molar-refractivity contribution in [3.8, 4) is 11.4 Å². The first-order valence-electron chi connectivity index (χ1n) is 10.4. The lowest BCUT2D eigenvalue weighted by molar-refractivity contribution is 0.262. The highest BCUT2D eigenvalue weighted by atomic mass is 32.2. The molecule has 2 amide bonds. The quantitative estimate of drug-likeness (QED) is 0.377. The number of nitrogens with zero attached hydrogens (tertiary/aromatic N) is 2. The monoisotopic (exact) mass is 469 g/mol. The molecule has 0 saturated heterocycles. The minimum absolute atomic E-state index is 0.0929. The predicted molar refractivity (Wildman–Crippen MR) is 130 cm³/mol. The molecule has 1 aromatic heterocycles. The zero-order valence-electron chi connectivity index (χ0n) is 18.4. The lowest BCUT2D eigenvalue weighted by atomic mass is 10.2. The summed E-state index contributed by atoms with van der Waals surface area (Å²) >= 11 is 0.